The molecular formula is C9H14ClN3S. The molecule has 1 saturated carbocycles. The van der Waals surface area contributed by atoms with Gasteiger partial charge in [0.15, 0.2) is 0 Å². The van der Waals surface area contributed by atoms with Gasteiger partial charge in [-0.15, -0.1) is 21.8 Å². The fourth-order valence-corrected chi connectivity index (χ4v) is 2.87. The second kappa shape index (κ2) is 4.94. The molecule has 14 heavy (non-hydrogen) atoms. The number of hydrogen-bond donors (Lipinski definition) is 0. The van der Waals surface area contributed by atoms with Crippen LogP contribution in [0.1, 0.15) is 25.7 Å². The van der Waals surface area contributed by atoms with Crippen LogP contribution in [0, 0.1) is 0 Å². The minimum atomic E-state index is 0.640. The first-order chi connectivity index (χ1) is 6.92. The van der Waals surface area contributed by atoms with Crippen molar-refractivity contribution in [3.8, 4) is 0 Å². The molecule has 1 fully saturated rings. The number of alkyl halides is 1. The molecule has 0 radical (unpaired) electrons. The van der Waals surface area contributed by atoms with Gasteiger partial charge >= 0.3 is 0 Å². The maximum absolute atomic E-state index is 5.81. The Balaban J connectivity index is 2.06. The van der Waals surface area contributed by atoms with Gasteiger partial charge in [-0.1, -0.05) is 24.2 Å². The lowest BCUT2D eigenvalue weighted by Crippen LogP contribution is -2.34. The van der Waals surface area contributed by atoms with Gasteiger partial charge < -0.3 is 4.90 Å². The molecule has 5 heteroatoms. The number of hydrogen-bond acceptors (Lipinski definition) is 4. The van der Waals surface area contributed by atoms with Gasteiger partial charge in [0.25, 0.3) is 0 Å². The van der Waals surface area contributed by atoms with Gasteiger partial charge in [0.1, 0.15) is 5.51 Å². The Morgan fingerprint density at radius 3 is 2.86 bits per heavy atom. The van der Waals surface area contributed by atoms with E-state index in [0.717, 1.165) is 11.7 Å². The molecule has 0 saturated heterocycles. The monoisotopic (exact) mass is 231 g/mol. The third kappa shape index (κ3) is 2.17. The molecule has 0 unspecified atom stereocenters. The van der Waals surface area contributed by atoms with E-state index in [0.29, 0.717) is 11.9 Å². The zero-order valence-electron chi connectivity index (χ0n) is 8.03. The molecule has 0 amide bonds. The molecule has 1 aliphatic rings. The molecule has 0 bridgehead atoms. The second-order valence-electron chi connectivity index (χ2n) is 3.54. The van der Waals surface area contributed by atoms with Crippen molar-refractivity contribution < 1.29 is 0 Å². The topological polar surface area (TPSA) is 29.0 Å². The van der Waals surface area contributed by atoms with Crippen LogP contribution in [0.4, 0.5) is 5.13 Å². The third-order valence-electron chi connectivity index (χ3n) is 2.69. The van der Waals surface area contributed by atoms with Gasteiger partial charge in [-0.05, 0) is 12.8 Å². The predicted octanol–water partition coefficient (Wildman–Crippen LogP) is 2.53. The summed E-state index contributed by atoms with van der Waals surface area (Å²) >= 11 is 7.41. The molecule has 0 aromatic carbocycles. The quantitative estimate of drug-likeness (QED) is 0.746. The Hall–Kier alpha value is -0.350. The molecule has 1 aromatic rings. The molecule has 78 valence electrons. The first-order valence-corrected chi connectivity index (χ1v) is 6.42. The predicted molar refractivity (Wildman–Crippen MR) is 60.2 cm³/mol. The molecule has 3 nitrogen and oxygen atoms in total. The summed E-state index contributed by atoms with van der Waals surface area (Å²) in [6.45, 7) is 0.890. The van der Waals surface area contributed by atoms with Crippen LogP contribution in [0.25, 0.3) is 0 Å². The summed E-state index contributed by atoms with van der Waals surface area (Å²) in [4.78, 5) is 2.32. The van der Waals surface area contributed by atoms with Crippen molar-refractivity contribution >= 4 is 28.1 Å². The Morgan fingerprint density at radius 2 is 2.29 bits per heavy atom. The SMILES string of the molecule is ClCCN(c1nncs1)C1CCCC1. The highest BCUT2D eigenvalue weighted by Gasteiger charge is 2.23. The Kier molecular flexibility index (Phi) is 3.59. The van der Waals surface area contributed by atoms with Crippen molar-refractivity contribution in [3.63, 3.8) is 0 Å². The summed E-state index contributed by atoms with van der Waals surface area (Å²) in [5.41, 5.74) is 1.78. The number of anilines is 1. The van der Waals surface area contributed by atoms with Gasteiger partial charge in [0, 0.05) is 18.5 Å². The van der Waals surface area contributed by atoms with Gasteiger partial charge in [-0.2, -0.15) is 0 Å². The number of rotatable bonds is 4. The van der Waals surface area contributed by atoms with Crippen LogP contribution in [0.5, 0.6) is 0 Å². The minimum absolute atomic E-state index is 0.640. The Morgan fingerprint density at radius 1 is 1.50 bits per heavy atom. The van der Waals surface area contributed by atoms with E-state index in [1.165, 1.54) is 25.7 Å². The van der Waals surface area contributed by atoms with Crippen LogP contribution in [0.15, 0.2) is 5.51 Å². The summed E-state index contributed by atoms with van der Waals surface area (Å²) in [6, 6.07) is 0.640. The van der Waals surface area contributed by atoms with E-state index < -0.39 is 0 Å². The van der Waals surface area contributed by atoms with Crippen LogP contribution in [0.3, 0.4) is 0 Å². The second-order valence-corrected chi connectivity index (χ2v) is 4.73. The van der Waals surface area contributed by atoms with Gasteiger partial charge in [0.05, 0.1) is 0 Å². The van der Waals surface area contributed by atoms with Gasteiger partial charge in [-0.3, -0.25) is 0 Å². The Labute approximate surface area is 93.1 Å². The molecule has 0 aliphatic heterocycles. The summed E-state index contributed by atoms with van der Waals surface area (Å²) in [5.74, 6) is 0.663. The summed E-state index contributed by atoms with van der Waals surface area (Å²) in [6.07, 6.45) is 5.22. The van der Waals surface area contributed by atoms with E-state index in [1.54, 1.807) is 16.8 Å². The minimum Gasteiger partial charge on any atom is -0.342 e. The molecular weight excluding hydrogens is 218 g/mol. The van der Waals surface area contributed by atoms with E-state index in [-0.39, 0.29) is 0 Å². The molecule has 2 rings (SSSR count). The molecule has 0 atom stereocenters. The van der Waals surface area contributed by atoms with Crippen LogP contribution < -0.4 is 4.90 Å². The Bertz CT molecular complexity index is 259. The fourth-order valence-electron chi connectivity index (χ4n) is 2.03. The van der Waals surface area contributed by atoms with Gasteiger partial charge in [0.2, 0.25) is 5.13 Å². The van der Waals surface area contributed by atoms with E-state index in [1.807, 2.05) is 0 Å². The lowest BCUT2D eigenvalue weighted by atomic mass is 10.2. The van der Waals surface area contributed by atoms with Crippen LogP contribution >= 0.6 is 22.9 Å². The maximum atomic E-state index is 5.81. The van der Waals surface area contributed by atoms with Crippen molar-refractivity contribution in [3.05, 3.63) is 5.51 Å². The average Bonchev–Trinajstić information content (AvgIpc) is 2.87. The van der Waals surface area contributed by atoms with Crippen molar-refractivity contribution in [2.75, 3.05) is 17.3 Å². The summed E-state index contributed by atoms with van der Waals surface area (Å²) in [7, 11) is 0. The highest BCUT2D eigenvalue weighted by atomic mass is 35.5. The molecule has 1 heterocycles. The van der Waals surface area contributed by atoms with E-state index >= 15 is 0 Å². The van der Waals surface area contributed by atoms with E-state index in [2.05, 4.69) is 15.1 Å². The first-order valence-electron chi connectivity index (χ1n) is 5.00. The lowest BCUT2D eigenvalue weighted by molar-refractivity contribution is 0.617. The number of nitrogens with zero attached hydrogens (tertiary/aromatic N) is 3. The number of halogens is 1. The highest BCUT2D eigenvalue weighted by Crippen LogP contribution is 2.28. The third-order valence-corrected chi connectivity index (χ3v) is 3.58. The first kappa shape index (κ1) is 10.2. The zero-order chi connectivity index (χ0) is 9.80. The molecule has 0 spiro atoms. The number of aromatic nitrogens is 2. The smallest absolute Gasteiger partial charge is 0.208 e. The van der Waals surface area contributed by atoms with Crippen molar-refractivity contribution in [1.82, 2.24) is 10.2 Å². The molecule has 1 aliphatic carbocycles. The fraction of sp³-hybridized carbons (Fsp3) is 0.778. The highest BCUT2D eigenvalue weighted by molar-refractivity contribution is 7.13. The standard InChI is InChI=1S/C9H14ClN3S/c10-5-6-13(8-3-1-2-4-8)9-12-11-7-14-9/h7-8H,1-6H2. The van der Waals surface area contributed by atoms with E-state index in [9.17, 15) is 0 Å². The van der Waals surface area contributed by atoms with Crippen LogP contribution in [0.2, 0.25) is 0 Å². The van der Waals surface area contributed by atoms with Crippen molar-refractivity contribution in [2.24, 2.45) is 0 Å². The zero-order valence-corrected chi connectivity index (χ0v) is 9.60. The van der Waals surface area contributed by atoms with Crippen LogP contribution in [-0.4, -0.2) is 28.7 Å². The summed E-state index contributed by atoms with van der Waals surface area (Å²) in [5, 5.41) is 9.02. The maximum Gasteiger partial charge on any atom is 0.208 e. The molecule has 0 N–H and O–H groups in total. The van der Waals surface area contributed by atoms with Gasteiger partial charge in [-0.25, -0.2) is 0 Å². The average molecular weight is 232 g/mol. The van der Waals surface area contributed by atoms with Crippen molar-refractivity contribution in [1.29, 1.82) is 0 Å². The van der Waals surface area contributed by atoms with Crippen molar-refractivity contribution in [2.45, 2.75) is 31.7 Å². The molecule has 1 aromatic heterocycles. The van der Waals surface area contributed by atoms with E-state index in [4.69, 9.17) is 11.6 Å². The largest absolute Gasteiger partial charge is 0.342 e. The normalized spacial score (nSPS) is 17.5. The van der Waals surface area contributed by atoms with Crippen LogP contribution in [-0.2, 0) is 0 Å². The summed E-state index contributed by atoms with van der Waals surface area (Å²) < 4.78 is 0. The lowest BCUT2D eigenvalue weighted by Gasteiger charge is -2.27.